The Hall–Kier alpha value is -3.48. The Balaban J connectivity index is 1.61. The number of methoxy groups -OCH3 is 1. The Morgan fingerprint density at radius 1 is 1.18 bits per heavy atom. The highest BCUT2D eigenvalue weighted by Gasteiger charge is 2.31. The van der Waals surface area contributed by atoms with Crippen molar-refractivity contribution >= 4 is 17.8 Å². The van der Waals surface area contributed by atoms with E-state index in [1.807, 2.05) is 6.07 Å². The van der Waals surface area contributed by atoms with Crippen molar-refractivity contribution in [1.29, 1.82) is 0 Å². The van der Waals surface area contributed by atoms with Crippen molar-refractivity contribution in [2.75, 3.05) is 13.9 Å². The number of ketones is 1. The van der Waals surface area contributed by atoms with Crippen LogP contribution in [-0.4, -0.2) is 31.8 Å². The minimum absolute atomic E-state index is 0.183. The molecular weight excluding hydrogens is 364 g/mol. The van der Waals surface area contributed by atoms with Crippen LogP contribution in [0.15, 0.2) is 36.1 Å². The van der Waals surface area contributed by atoms with Crippen LogP contribution in [0.25, 0.3) is 6.08 Å². The van der Waals surface area contributed by atoms with Gasteiger partial charge < -0.3 is 23.7 Å². The first kappa shape index (κ1) is 17.9. The summed E-state index contributed by atoms with van der Waals surface area (Å²) in [5, 5.41) is 0. The predicted molar refractivity (Wildman–Crippen MR) is 98.8 cm³/mol. The third-order valence-electron chi connectivity index (χ3n) is 4.57. The molecule has 1 atom stereocenters. The van der Waals surface area contributed by atoms with Crippen molar-refractivity contribution in [3.05, 3.63) is 52.8 Å². The SMILES string of the molecule is COC(=O)[C@@H](C)Oc1ccc2c(c1C)O/C(=C\c1ccc3c(c1)OCO3)C2=O. The number of ether oxygens (including phenoxy) is 5. The van der Waals surface area contributed by atoms with E-state index in [1.165, 1.54) is 7.11 Å². The molecule has 0 radical (unpaired) electrons. The van der Waals surface area contributed by atoms with Gasteiger partial charge in [0.05, 0.1) is 12.7 Å². The number of carbonyl (C=O) groups excluding carboxylic acids is 2. The fourth-order valence-corrected chi connectivity index (χ4v) is 3.05. The largest absolute Gasteiger partial charge is 0.479 e. The lowest BCUT2D eigenvalue weighted by Gasteiger charge is -2.15. The number of Topliss-reactive ketones (excluding diaryl/α,β-unsaturated/α-hetero) is 1. The fourth-order valence-electron chi connectivity index (χ4n) is 3.05. The molecule has 28 heavy (non-hydrogen) atoms. The standard InChI is InChI=1S/C21H18O7/c1-11-15(27-12(2)21(23)24-3)7-5-14-19(22)18(28-20(11)14)9-13-4-6-16-17(8-13)26-10-25-16/h4-9,12H,10H2,1-3H3/b18-9-/t12-/m1/s1. The zero-order valence-electron chi connectivity index (χ0n) is 15.6. The first-order valence-corrected chi connectivity index (χ1v) is 8.70. The fraction of sp³-hybridized carbons (Fsp3) is 0.238. The van der Waals surface area contributed by atoms with Gasteiger partial charge in [0.15, 0.2) is 23.4 Å². The molecule has 0 N–H and O–H groups in total. The summed E-state index contributed by atoms with van der Waals surface area (Å²) >= 11 is 0. The number of benzene rings is 2. The lowest BCUT2D eigenvalue weighted by atomic mass is 10.1. The minimum atomic E-state index is -0.775. The lowest BCUT2D eigenvalue weighted by Crippen LogP contribution is -2.25. The molecule has 2 aromatic carbocycles. The molecule has 7 heteroatoms. The summed E-state index contributed by atoms with van der Waals surface area (Å²) in [5.41, 5.74) is 1.84. The number of allylic oxidation sites excluding steroid dienone is 1. The van der Waals surface area contributed by atoms with Crippen LogP contribution in [0, 0.1) is 6.92 Å². The van der Waals surface area contributed by atoms with Crippen LogP contribution in [-0.2, 0) is 9.53 Å². The van der Waals surface area contributed by atoms with Gasteiger partial charge in [-0.2, -0.15) is 0 Å². The van der Waals surface area contributed by atoms with Gasteiger partial charge in [-0.3, -0.25) is 4.79 Å². The summed E-state index contributed by atoms with van der Waals surface area (Å²) in [6.45, 7) is 3.55. The van der Waals surface area contributed by atoms with Crippen molar-refractivity contribution in [3.63, 3.8) is 0 Å². The van der Waals surface area contributed by atoms with Crippen LogP contribution in [0.3, 0.4) is 0 Å². The molecular formula is C21H18O7. The quantitative estimate of drug-likeness (QED) is 0.593. The molecule has 2 aliphatic rings. The first-order chi connectivity index (χ1) is 13.5. The molecule has 4 rings (SSSR count). The zero-order valence-corrected chi connectivity index (χ0v) is 15.6. The van der Waals surface area contributed by atoms with Crippen LogP contribution in [0.4, 0.5) is 0 Å². The third-order valence-corrected chi connectivity index (χ3v) is 4.57. The van der Waals surface area contributed by atoms with Gasteiger partial charge in [0.1, 0.15) is 11.5 Å². The van der Waals surface area contributed by atoms with E-state index in [0.29, 0.717) is 34.1 Å². The van der Waals surface area contributed by atoms with E-state index in [4.69, 9.17) is 18.9 Å². The average molecular weight is 382 g/mol. The number of hydrogen-bond donors (Lipinski definition) is 0. The molecule has 0 spiro atoms. The smallest absolute Gasteiger partial charge is 0.346 e. The summed E-state index contributed by atoms with van der Waals surface area (Å²) < 4.78 is 26.8. The molecule has 0 aromatic heterocycles. The summed E-state index contributed by atoms with van der Waals surface area (Å²) in [6.07, 6.45) is 0.879. The van der Waals surface area contributed by atoms with Crippen molar-refractivity contribution < 1.29 is 33.3 Å². The molecule has 0 amide bonds. The topological polar surface area (TPSA) is 80.3 Å². The van der Waals surface area contributed by atoms with E-state index < -0.39 is 12.1 Å². The van der Waals surface area contributed by atoms with E-state index in [9.17, 15) is 9.59 Å². The highest BCUT2D eigenvalue weighted by Crippen LogP contribution is 2.40. The third kappa shape index (κ3) is 3.05. The van der Waals surface area contributed by atoms with Gasteiger partial charge in [-0.15, -0.1) is 0 Å². The Kier molecular flexibility index (Phi) is 4.43. The van der Waals surface area contributed by atoms with E-state index >= 15 is 0 Å². The zero-order chi connectivity index (χ0) is 19.8. The molecule has 144 valence electrons. The Bertz CT molecular complexity index is 1010. The first-order valence-electron chi connectivity index (χ1n) is 8.70. The van der Waals surface area contributed by atoms with Crippen molar-refractivity contribution in [2.24, 2.45) is 0 Å². The summed E-state index contributed by atoms with van der Waals surface area (Å²) in [5.74, 6) is 1.67. The van der Waals surface area contributed by atoms with Crippen molar-refractivity contribution in [2.45, 2.75) is 20.0 Å². The molecule has 2 aliphatic heterocycles. The highest BCUT2D eigenvalue weighted by molar-refractivity contribution is 6.15. The summed E-state index contributed by atoms with van der Waals surface area (Å²) in [7, 11) is 1.30. The second kappa shape index (κ2) is 6.92. The van der Waals surface area contributed by atoms with E-state index in [1.54, 1.807) is 44.2 Å². The van der Waals surface area contributed by atoms with Crippen LogP contribution in [0.1, 0.15) is 28.4 Å². The average Bonchev–Trinajstić information content (AvgIpc) is 3.28. The molecule has 2 heterocycles. The predicted octanol–water partition coefficient (Wildman–Crippen LogP) is 3.28. The van der Waals surface area contributed by atoms with Gasteiger partial charge >= 0.3 is 5.97 Å². The Labute approximate surface area is 161 Å². The van der Waals surface area contributed by atoms with Crippen LogP contribution < -0.4 is 18.9 Å². The molecule has 7 nitrogen and oxygen atoms in total. The number of rotatable bonds is 4. The maximum Gasteiger partial charge on any atom is 0.346 e. The summed E-state index contributed by atoms with van der Waals surface area (Å²) in [4.78, 5) is 24.3. The van der Waals surface area contributed by atoms with Crippen molar-refractivity contribution in [3.8, 4) is 23.0 Å². The van der Waals surface area contributed by atoms with Gasteiger partial charge in [-0.1, -0.05) is 6.07 Å². The Morgan fingerprint density at radius 2 is 1.96 bits per heavy atom. The van der Waals surface area contributed by atoms with Gasteiger partial charge in [0, 0.05) is 5.56 Å². The number of hydrogen-bond acceptors (Lipinski definition) is 7. The van der Waals surface area contributed by atoms with Gasteiger partial charge in [0.25, 0.3) is 0 Å². The van der Waals surface area contributed by atoms with E-state index in [-0.39, 0.29) is 18.3 Å². The van der Waals surface area contributed by atoms with Crippen molar-refractivity contribution in [1.82, 2.24) is 0 Å². The minimum Gasteiger partial charge on any atom is -0.479 e. The second-order valence-electron chi connectivity index (χ2n) is 6.40. The van der Waals surface area contributed by atoms with Crippen LogP contribution in [0.5, 0.6) is 23.0 Å². The molecule has 0 aliphatic carbocycles. The molecule has 0 bridgehead atoms. The van der Waals surface area contributed by atoms with Gasteiger partial charge in [0.2, 0.25) is 12.6 Å². The van der Waals surface area contributed by atoms with E-state index in [2.05, 4.69) is 4.74 Å². The Morgan fingerprint density at radius 3 is 2.75 bits per heavy atom. The molecule has 0 unspecified atom stereocenters. The van der Waals surface area contributed by atoms with Gasteiger partial charge in [-0.05, 0) is 49.8 Å². The normalized spacial score (nSPS) is 16.5. The second-order valence-corrected chi connectivity index (χ2v) is 6.40. The molecule has 0 saturated carbocycles. The highest BCUT2D eigenvalue weighted by atomic mass is 16.7. The monoisotopic (exact) mass is 382 g/mol. The number of carbonyl (C=O) groups is 2. The van der Waals surface area contributed by atoms with Gasteiger partial charge in [-0.25, -0.2) is 4.79 Å². The summed E-state index contributed by atoms with van der Waals surface area (Å²) in [6, 6.07) is 8.67. The lowest BCUT2D eigenvalue weighted by molar-refractivity contribution is -0.147. The molecule has 0 saturated heterocycles. The van der Waals surface area contributed by atoms with Crippen LogP contribution >= 0.6 is 0 Å². The van der Waals surface area contributed by atoms with Crippen LogP contribution in [0.2, 0.25) is 0 Å². The molecule has 0 fully saturated rings. The number of esters is 1. The number of fused-ring (bicyclic) bond motifs is 2. The molecule has 2 aromatic rings. The maximum absolute atomic E-state index is 12.7. The van der Waals surface area contributed by atoms with E-state index in [0.717, 1.165) is 5.56 Å². The maximum atomic E-state index is 12.7.